The zero-order valence-corrected chi connectivity index (χ0v) is 13.0. The number of carbonyl (C=O) groups excluding carboxylic acids is 1. The second kappa shape index (κ2) is 5.61. The Kier molecular flexibility index (Phi) is 3.60. The van der Waals surface area contributed by atoms with E-state index in [-0.39, 0.29) is 11.4 Å². The third-order valence-corrected chi connectivity index (χ3v) is 5.89. The van der Waals surface area contributed by atoms with E-state index in [2.05, 4.69) is 15.2 Å². The van der Waals surface area contributed by atoms with E-state index in [1.165, 1.54) is 25.7 Å². The molecule has 1 aliphatic heterocycles. The number of nitrogens with one attached hydrogen (secondary N) is 2. The van der Waals surface area contributed by atoms with E-state index in [0.717, 1.165) is 19.6 Å². The molecule has 0 aromatic carbocycles. The van der Waals surface area contributed by atoms with Crippen LogP contribution in [0.3, 0.4) is 0 Å². The van der Waals surface area contributed by atoms with Gasteiger partial charge in [-0.15, -0.1) is 0 Å². The number of ether oxygens (including phenoxy) is 1. The molecule has 5 nitrogen and oxygen atoms in total. The summed E-state index contributed by atoms with van der Waals surface area (Å²) in [5, 5.41) is 6.26. The maximum absolute atomic E-state index is 12.2. The number of urea groups is 1. The average Bonchev–Trinajstić information content (AvgIpc) is 3.24. The van der Waals surface area contributed by atoms with Gasteiger partial charge in [0.05, 0.1) is 6.10 Å². The van der Waals surface area contributed by atoms with Crippen LogP contribution in [-0.4, -0.2) is 35.9 Å². The van der Waals surface area contributed by atoms with Crippen LogP contribution in [0.1, 0.15) is 32.1 Å². The fourth-order valence-corrected chi connectivity index (χ4v) is 4.91. The number of fused-ring (bicyclic) bond motifs is 2. The monoisotopic (exact) mass is 303 g/mol. The van der Waals surface area contributed by atoms with Gasteiger partial charge in [0.15, 0.2) is 0 Å². The van der Waals surface area contributed by atoms with Crippen molar-refractivity contribution < 1.29 is 9.53 Å². The van der Waals surface area contributed by atoms with Crippen molar-refractivity contribution in [2.24, 2.45) is 11.3 Å². The first-order valence-corrected chi connectivity index (χ1v) is 8.56. The summed E-state index contributed by atoms with van der Waals surface area (Å²) in [6, 6.07) is 4.29. The molecule has 3 fully saturated rings. The Morgan fingerprint density at radius 3 is 2.82 bits per heavy atom. The van der Waals surface area contributed by atoms with Crippen molar-refractivity contribution in [3.05, 3.63) is 24.5 Å². The minimum Gasteiger partial charge on any atom is -0.377 e. The maximum Gasteiger partial charge on any atom is 0.315 e. The van der Waals surface area contributed by atoms with E-state index < -0.39 is 0 Å². The van der Waals surface area contributed by atoms with Gasteiger partial charge in [0.25, 0.3) is 0 Å². The fraction of sp³-hybridized carbons (Fsp3) is 0.706. The Balaban J connectivity index is 1.31. The molecule has 2 saturated carbocycles. The summed E-state index contributed by atoms with van der Waals surface area (Å²) in [6.07, 6.45) is 10.5. The Bertz CT molecular complexity index is 522. The van der Waals surface area contributed by atoms with Gasteiger partial charge in [-0.2, -0.15) is 0 Å². The van der Waals surface area contributed by atoms with Crippen molar-refractivity contribution in [1.82, 2.24) is 15.2 Å². The van der Waals surface area contributed by atoms with E-state index in [9.17, 15) is 4.79 Å². The van der Waals surface area contributed by atoms with Gasteiger partial charge >= 0.3 is 6.03 Å². The number of aromatic nitrogens is 1. The summed E-state index contributed by atoms with van der Waals surface area (Å²) in [7, 11) is 0. The standard InChI is InChI=1S/C17H25N3O2/c21-16(18-8-11-20-9-3-4-10-20)19-14-13-5-12-22-15(13)17(14)6-1-2-7-17/h3-4,9-10,13-15H,1-2,5-8,11-12H2,(H2,18,19,21)/t13-,14-,15-/m1/s1. The third-order valence-electron chi connectivity index (χ3n) is 5.89. The lowest BCUT2D eigenvalue weighted by atomic mass is 9.54. The number of nitrogens with zero attached hydrogens (tertiary/aromatic N) is 1. The second-order valence-corrected chi connectivity index (χ2v) is 6.98. The van der Waals surface area contributed by atoms with Crippen molar-refractivity contribution in [2.45, 2.75) is 50.8 Å². The first kappa shape index (κ1) is 14.1. The summed E-state index contributed by atoms with van der Waals surface area (Å²) in [5.41, 5.74) is 0.235. The van der Waals surface area contributed by atoms with Crippen molar-refractivity contribution in [1.29, 1.82) is 0 Å². The quantitative estimate of drug-likeness (QED) is 0.895. The van der Waals surface area contributed by atoms with Crippen LogP contribution in [0, 0.1) is 11.3 Å². The van der Waals surface area contributed by atoms with Gasteiger partial charge in [-0.3, -0.25) is 0 Å². The summed E-state index contributed by atoms with van der Waals surface area (Å²) in [4.78, 5) is 12.2. The molecule has 22 heavy (non-hydrogen) atoms. The molecule has 4 rings (SSSR count). The summed E-state index contributed by atoms with van der Waals surface area (Å²) >= 11 is 0. The van der Waals surface area contributed by atoms with Crippen LogP contribution in [-0.2, 0) is 11.3 Å². The van der Waals surface area contributed by atoms with Gasteiger partial charge in [0.2, 0.25) is 0 Å². The molecule has 0 unspecified atom stereocenters. The minimum atomic E-state index is -0.0196. The van der Waals surface area contributed by atoms with Crippen LogP contribution >= 0.6 is 0 Å². The van der Waals surface area contributed by atoms with Gasteiger partial charge in [0, 0.05) is 49.5 Å². The van der Waals surface area contributed by atoms with Gasteiger partial charge in [-0.05, 0) is 31.4 Å². The highest BCUT2D eigenvalue weighted by Gasteiger charge is 2.65. The molecule has 2 amide bonds. The largest absolute Gasteiger partial charge is 0.377 e. The first-order valence-electron chi connectivity index (χ1n) is 8.56. The molecule has 120 valence electrons. The van der Waals surface area contributed by atoms with Crippen LogP contribution in [0.2, 0.25) is 0 Å². The van der Waals surface area contributed by atoms with Crippen LogP contribution in [0.5, 0.6) is 0 Å². The summed E-state index contributed by atoms with van der Waals surface area (Å²) in [5.74, 6) is 0.535. The normalized spacial score (nSPS) is 31.7. The molecule has 3 atom stereocenters. The van der Waals surface area contributed by atoms with E-state index >= 15 is 0 Å². The van der Waals surface area contributed by atoms with Crippen molar-refractivity contribution >= 4 is 6.03 Å². The number of hydrogen-bond acceptors (Lipinski definition) is 2. The Morgan fingerprint density at radius 2 is 2.05 bits per heavy atom. The molecule has 1 aromatic rings. The predicted molar refractivity (Wildman–Crippen MR) is 83.5 cm³/mol. The van der Waals surface area contributed by atoms with Gasteiger partial charge in [-0.25, -0.2) is 4.79 Å². The van der Waals surface area contributed by atoms with Gasteiger partial charge in [-0.1, -0.05) is 12.8 Å². The van der Waals surface area contributed by atoms with Crippen molar-refractivity contribution in [3.8, 4) is 0 Å². The van der Waals surface area contributed by atoms with Crippen LogP contribution in [0.15, 0.2) is 24.5 Å². The number of hydrogen-bond donors (Lipinski definition) is 2. The lowest BCUT2D eigenvalue weighted by Crippen LogP contribution is -2.69. The predicted octanol–water partition coefficient (Wildman–Crippen LogP) is 2.13. The molecule has 1 spiro atoms. The van der Waals surface area contributed by atoms with E-state index in [1.54, 1.807) is 0 Å². The lowest BCUT2D eigenvalue weighted by Gasteiger charge is -2.56. The fourth-order valence-electron chi connectivity index (χ4n) is 4.91. The Labute approximate surface area is 131 Å². The summed E-state index contributed by atoms with van der Waals surface area (Å²) < 4.78 is 8.03. The van der Waals surface area contributed by atoms with Crippen LogP contribution < -0.4 is 10.6 Å². The number of carbonyl (C=O) groups is 1. The second-order valence-electron chi connectivity index (χ2n) is 6.98. The van der Waals surface area contributed by atoms with Crippen molar-refractivity contribution in [2.75, 3.05) is 13.2 Å². The van der Waals surface area contributed by atoms with Gasteiger partial charge in [0.1, 0.15) is 0 Å². The molecule has 2 heterocycles. The topological polar surface area (TPSA) is 55.3 Å². The highest BCUT2D eigenvalue weighted by atomic mass is 16.5. The Hall–Kier alpha value is -1.49. The molecule has 5 heteroatoms. The molecule has 3 aliphatic rings. The SMILES string of the molecule is O=C(NCCn1cccc1)N[C@@H]1[C@H]2CCO[C@H]2C12CCCC2. The highest BCUT2D eigenvalue weighted by Crippen LogP contribution is 2.60. The van der Waals surface area contributed by atoms with E-state index in [0.29, 0.717) is 24.6 Å². The molecular formula is C17H25N3O2. The zero-order valence-electron chi connectivity index (χ0n) is 13.0. The molecule has 1 aromatic heterocycles. The van der Waals surface area contributed by atoms with E-state index in [1.807, 2.05) is 24.5 Å². The maximum atomic E-state index is 12.2. The molecular weight excluding hydrogens is 278 g/mol. The number of rotatable bonds is 4. The zero-order chi connectivity index (χ0) is 15.0. The molecule has 2 N–H and O–H groups in total. The molecule has 2 aliphatic carbocycles. The number of amides is 2. The van der Waals surface area contributed by atoms with Gasteiger partial charge < -0.3 is 19.9 Å². The Morgan fingerprint density at radius 1 is 1.27 bits per heavy atom. The molecule has 0 radical (unpaired) electrons. The summed E-state index contributed by atoms with van der Waals surface area (Å²) in [6.45, 7) is 2.33. The first-order chi connectivity index (χ1) is 10.8. The van der Waals surface area contributed by atoms with Crippen molar-refractivity contribution in [3.63, 3.8) is 0 Å². The highest BCUT2D eigenvalue weighted by molar-refractivity contribution is 5.74. The lowest BCUT2D eigenvalue weighted by molar-refractivity contribution is -0.126. The smallest absolute Gasteiger partial charge is 0.315 e. The van der Waals surface area contributed by atoms with Crippen LogP contribution in [0.4, 0.5) is 4.79 Å². The minimum absolute atomic E-state index is 0.0196. The molecule has 0 bridgehead atoms. The average molecular weight is 303 g/mol. The molecule has 1 saturated heterocycles. The third kappa shape index (κ3) is 2.22. The van der Waals surface area contributed by atoms with E-state index in [4.69, 9.17) is 4.74 Å². The van der Waals surface area contributed by atoms with Crippen LogP contribution in [0.25, 0.3) is 0 Å².